The van der Waals surface area contributed by atoms with Gasteiger partial charge < -0.3 is 19.8 Å². The van der Waals surface area contributed by atoms with Crippen LogP contribution < -0.4 is 5.32 Å². The zero-order valence-corrected chi connectivity index (χ0v) is 12.1. The van der Waals surface area contributed by atoms with E-state index in [4.69, 9.17) is 4.52 Å². The molecule has 0 aliphatic carbocycles. The van der Waals surface area contributed by atoms with Gasteiger partial charge in [-0.2, -0.15) is 16.7 Å². The number of carbonyl (C=O) groups is 2. The molecule has 1 aromatic rings. The highest BCUT2D eigenvalue weighted by molar-refractivity contribution is 7.99. The van der Waals surface area contributed by atoms with Crippen LogP contribution in [0.5, 0.6) is 0 Å². The van der Waals surface area contributed by atoms with Crippen molar-refractivity contribution in [2.75, 3.05) is 24.6 Å². The molecule has 2 atom stereocenters. The fourth-order valence-electron chi connectivity index (χ4n) is 2.54. The van der Waals surface area contributed by atoms with Gasteiger partial charge >= 0.3 is 5.97 Å². The number of hydrogen-bond acceptors (Lipinski definition) is 7. The van der Waals surface area contributed by atoms with Crippen LogP contribution in [0.1, 0.15) is 35.4 Å². The van der Waals surface area contributed by atoms with Gasteiger partial charge in [-0.3, -0.25) is 4.79 Å². The van der Waals surface area contributed by atoms with Crippen LogP contribution in [0.15, 0.2) is 4.52 Å². The van der Waals surface area contributed by atoms with E-state index in [9.17, 15) is 14.7 Å². The molecule has 21 heavy (non-hydrogen) atoms. The average molecular weight is 312 g/mol. The minimum absolute atomic E-state index is 0.00812. The normalized spacial score (nSPS) is 26.0. The van der Waals surface area contributed by atoms with Crippen molar-refractivity contribution in [1.29, 1.82) is 0 Å². The van der Waals surface area contributed by atoms with Crippen molar-refractivity contribution in [3.8, 4) is 0 Å². The highest BCUT2D eigenvalue weighted by atomic mass is 32.2. The number of aromatic nitrogens is 2. The summed E-state index contributed by atoms with van der Waals surface area (Å²) in [6.07, 6.45) is 1.93. The van der Waals surface area contributed by atoms with Gasteiger partial charge in [0.05, 0.1) is 6.04 Å². The first-order valence-corrected chi connectivity index (χ1v) is 8.01. The highest BCUT2D eigenvalue weighted by Crippen LogP contribution is 2.23. The third-order valence-electron chi connectivity index (χ3n) is 3.67. The number of rotatable bonds is 3. The number of nitrogens with one attached hydrogen (secondary N) is 1. The molecule has 0 aromatic carbocycles. The van der Waals surface area contributed by atoms with Crippen molar-refractivity contribution in [3.63, 3.8) is 0 Å². The lowest BCUT2D eigenvalue weighted by molar-refractivity contribution is -0.141. The number of carboxylic acid groups (broad SMARTS) is 1. The Morgan fingerprint density at radius 3 is 3.05 bits per heavy atom. The Morgan fingerprint density at radius 1 is 1.48 bits per heavy atom. The van der Waals surface area contributed by atoms with Gasteiger partial charge in [0, 0.05) is 18.1 Å². The first-order valence-electron chi connectivity index (χ1n) is 6.85. The van der Waals surface area contributed by atoms with Crippen LogP contribution in [-0.4, -0.2) is 62.7 Å². The summed E-state index contributed by atoms with van der Waals surface area (Å²) in [6.45, 7) is 1.27. The largest absolute Gasteiger partial charge is 0.480 e. The van der Waals surface area contributed by atoms with E-state index >= 15 is 0 Å². The van der Waals surface area contributed by atoms with Crippen molar-refractivity contribution in [3.05, 3.63) is 11.7 Å². The number of hydrogen-bond donors (Lipinski definition) is 2. The van der Waals surface area contributed by atoms with Crippen LogP contribution >= 0.6 is 11.8 Å². The third kappa shape index (κ3) is 2.88. The van der Waals surface area contributed by atoms with Crippen LogP contribution in [0.3, 0.4) is 0 Å². The highest BCUT2D eigenvalue weighted by Gasteiger charge is 2.35. The van der Waals surface area contributed by atoms with Gasteiger partial charge in [-0.25, -0.2) is 4.79 Å². The van der Waals surface area contributed by atoms with Crippen LogP contribution in [0.2, 0.25) is 0 Å². The number of aliphatic carboxylic acids is 1. The van der Waals surface area contributed by atoms with E-state index in [1.807, 2.05) is 0 Å². The second kappa shape index (κ2) is 6.02. The lowest BCUT2D eigenvalue weighted by Gasteiger charge is -2.31. The molecule has 3 heterocycles. The molecule has 0 radical (unpaired) electrons. The summed E-state index contributed by atoms with van der Waals surface area (Å²) in [7, 11) is 0. The average Bonchev–Trinajstić information content (AvgIpc) is 3.17. The molecule has 2 aliphatic heterocycles. The minimum Gasteiger partial charge on any atom is -0.480 e. The molecule has 114 valence electrons. The Morgan fingerprint density at radius 2 is 2.33 bits per heavy atom. The standard InChI is InChI=1S/C12H16N4O4S/c17-11(16-4-5-21-6-8(16)12(18)19)9-14-10(20-15-9)7-2-1-3-13-7/h7-8,13H,1-6H2,(H,18,19). The van der Waals surface area contributed by atoms with Crippen LogP contribution in [-0.2, 0) is 4.79 Å². The quantitative estimate of drug-likeness (QED) is 0.811. The monoisotopic (exact) mass is 312 g/mol. The summed E-state index contributed by atoms with van der Waals surface area (Å²) in [5, 5.41) is 16.1. The van der Waals surface area contributed by atoms with Gasteiger partial charge in [-0.05, 0) is 19.4 Å². The fraction of sp³-hybridized carbons (Fsp3) is 0.667. The molecule has 9 heteroatoms. The Bertz CT molecular complexity index is 543. The second-order valence-electron chi connectivity index (χ2n) is 5.03. The van der Waals surface area contributed by atoms with Crippen molar-refractivity contribution in [2.24, 2.45) is 0 Å². The van der Waals surface area contributed by atoms with Gasteiger partial charge in [0.15, 0.2) is 0 Å². The SMILES string of the molecule is O=C(O)C1CSCCN1C(=O)c1noc(C2CCCN2)n1. The van der Waals surface area contributed by atoms with Gasteiger partial charge in [0.2, 0.25) is 5.89 Å². The molecule has 1 amide bonds. The number of amides is 1. The lowest BCUT2D eigenvalue weighted by atomic mass is 10.2. The molecule has 3 rings (SSSR count). The maximum Gasteiger partial charge on any atom is 0.327 e. The van der Waals surface area contributed by atoms with Gasteiger partial charge in [0.1, 0.15) is 6.04 Å². The second-order valence-corrected chi connectivity index (χ2v) is 6.18. The maximum atomic E-state index is 12.4. The molecular formula is C12H16N4O4S. The molecule has 2 fully saturated rings. The van der Waals surface area contributed by atoms with Crippen molar-refractivity contribution >= 4 is 23.6 Å². The summed E-state index contributed by atoms with van der Waals surface area (Å²) >= 11 is 1.52. The van der Waals surface area contributed by atoms with Crippen molar-refractivity contribution in [2.45, 2.75) is 24.9 Å². The summed E-state index contributed by atoms with van der Waals surface area (Å²) in [4.78, 5) is 29.1. The van der Waals surface area contributed by atoms with E-state index in [2.05, 4.69) is 15.5 Å². The number of carboxylic acids is 1. The molecule has 8 nitrogen and oxygen atoms in total. The number of thioether (sulfide) groups is 1. The molecule has 0 spiro atoms. The molecule has 2 saturated heterocycles. The predicted molar refractivity (Wildman–Crippen MR) is 74.1 cm³/mol. The summed E-state index contributed by atoms with van der Waals surface area (Å²) in [6, 6.07) is -0.839. The molecular weight excluding hydrogens is 296 g/mol. The molecule has 0 bridgehead atoms. The Labute approximate surface area is 125 Å². The first-order chi connectivity index (χ1) is 10.2. The Hall–Kier alpha value is -1.61. The zero-order chi connectivity index (χ0) is 14.8. The van der Waals surface area contributed by atoms with E-state index < -0.39 is 17.9 Å². The molecule has 2 N–H and O–H groups in total. The van der Waals surface area contributed by atoms with E-state index in [0.29, 0.717) is 23.9 Å². The van der Waals surface area contributed by atoms with Crippen LogP contribution in [0.4, 0.5) is 0 Å². The molecule has 0 saturated carbocycles. The van der Waals surface area contributed by atoms with Gasteiger partial charge in [0.25, 0.3) is 11.7 Å². The van der Waals surface area contributed by atoms with E-state index in [-0.39, 0.29) is 11.9 Å². The van der Waals surface area contributed by atoms with Crippen molar-refractivity contribution < 1.29 is 19.2 Å². The summed E-state index contributed by atoms with van der Waals surface area (Å²) < 4.78 is 5.13. The smallest absolute Gasteiger partial charge is 0.327 e. The summed E-state index contributed by atoms with van der Waals surface area (Å²) in [5.74, 6) is -0.0428. The topological polar surface area (TPSA) is 109 Å². The van der Waals surface area contributed by atoms with Crippen LogP contribution in [0.25, 0.3) is 0 Å². The number of carbonyl (C=O) groups excluding carboxylic acids is 1. The predicted octanol–water partition coefficient (Wildman–Crippen LogP) is 0.136. The van der Waals surface area contributed by atoms with Gasteiger partial charge in [-0.15, -0.1) is 0 Å². The lowest BCUT2D eigenvalue weighted by Crippen LogP contribution is -2.50. The van der Waals surface area contributed by atoms with E-state index in [1.54, 1.807) is 0 Å². The zero-order valence-electron chi connectivity index (χ0n) is 11.3. The third-order valence-corrected chi connectivity index (χ3v) is 4.69. The van der Waals surface area contributed by atoms with Crippen LogP contribution in [0, 0.1) is 0 Å². The first kappa shape index (κ1) is 14.3. The maximum absolute atomic E-state index is 12.4. The Balaban J connectivity index is 1.76. The molecule has 1 aromatic heterocycles. The van der Waals surface area contributed by atoms with Gasteiger partial charge in [-0.1, -0.05) is 5.16 Å². The molecule has 2 unspecified atom stereocenters. The number of nitrogens with zero attached hydrogens (tertiary/aromatic N) is 3. The fourth-order valence-corrected chi connectivity index (χ4v) is 3.58. The summed E-state index contributed by atoms with van der Waals surface area (Å²) in [5.41, 5.74) is 0. The Kier molecular flexibility index (Phi) is 4.11. The van der Waals surface area contributed by atoms with E-state index in [0.717, 1.165) is 19.4 Å². The molecule has 2 aliphatic rings. The minimum atomic E-state index is -1.00. The van der Waals surface area contributed by atoms with Crippen molar-refractivity contribution in [1.82, 2.24) is 20.4 Å². The van der Waals surface area contributed by atoms with E-state index in [1.165, 1.54) is 16.7 Å².